The van der Waals surface area contributed by atoms with Crippen molar-refractivity contribution in [2.75, 3.05) is 17.8 Å². The number of nitrogens with zero attached hydrogens (tertiary/aromatic N) is 2. The summed E-state index contributed by atoms with van der Waals surface area (Å²) >= 11 is 9.09. The lowest BCUT2D eigenvalue weighted by molar-refractivity contribution is 0.749. The smallest absolute Gasteiger partial charge is 0.128 e. The topological polar surface area (TPSA) is 16.1 Å². The summed E-state index contributed by atoms with van der Waals surface area (Å²) in [5.41, 5.74) is 0. The van der Waals surface area contributed by atoms with E-state index in [-0.39, 0.29) is 0 Å². The first-order chi connectivity index (χ1) is 6.15. The van der Waals surface area contributed by atoms with Crippen LogP contribution in [0.1, 0.15) is 6.92 Å². The molecule has 1 atom stereocenters. The van der Waals surface area contributed by atoms with E-state index in [0.717, 1.165) is 10.3 Å². The number of anilines is 1. The molecule has 1 aromatic rings. The lowest BCUT2D eigenvalue weighted by atomic mass is 10.3. The van der Waals surface area contributed by atoms with Gasteiger partial charge in [-0.25, -0.2) is 4.98 Å². The van der Waals surface area contributed by atoms with Crippen molar-refractivity contribution in [1.29, 1.82) is 0 Å². The SMILES string of the molecule is CC(CCl)N(C)c1ccc(Br)cn1. The van der Waals surface area contributed by atoms with Gasteiger partial charge in [0.2, 0.25) is 0 Å². The average molecular weight is 264 g/mol. The maximum Gasteiger partial charge on any atom is 0.128 e. The van der Waals surface area contributed by atoms with Gasteiger partial charge < -0.3 is 4.90 Å². The van der Waals surface area contributed by atoms with Gasteiger partial charge in [-0.3, -0.25) is 0 Å². The van der Waals surface area contributed by atoms with E-state index in [1.165, 1.54) is 0 Å². The van der Waals surface area contributed by atoms with E-state index in [0.29, 0.717) is 11.9 Å². The summed E-state index contributed by atoms with van der Waals surface area (Å²) in [6.07, 6.45) is 1.78. The van der Waals surface area contributed by atoms with E-state index < -0.39 is 0 Å². The van der Waals surface area contributed by atoms with Crippen molar-refractivity contribution in [2.45, 2.75) is 13.0 Å². The van der Waals surface area contributed by atoms with Crippen LogP contribution in [0.15, 0.2) is 22.8 Å². The lowest BCUT2D eigenvalue weighted by Gasteiger charge is -2.23. The van der Waals surface area contributed by atoms with Gasteiger partial charge in [-0.15, -0.1) is 11.6 Å². The van der Waals surface area contributed by atoms with Crippen molar-refractivity contribution in [3.05, 3.63) is 22.8 Å². The molecule has 0 aromatic carbocycles. The maximum absolute atomic E-state index is 5.75. The van der Waals surface area contributed by atoms with Gasteiger partial charge in [-0.1, -0.05) is 0 Å². The number of alkyl halides is 1. The Labute approximate surface area is 92.0 Å². The van der Waals surface area contributed by atoms with Crippen molar-refractivity contribution >= 4 is 33.3 Å². The Balaban J connectivity index is 2.77. The van der Waals surface area contributed by atoms with E-state index in [9.17, 15) is 0 Å². The third-order valence-corrected chi connectivity index (χ3v) is 2.87. The Kier molecular flexibility index (Phi) is 4.00. The number of hydrogen-bond donors (Lipinski definition) is 0. The minimum Gasteiger partial charge on any atom is -0.356 e. The molecular weight excluding hydrogens is 251 g/mol. The maximum atomic E-state index is 5.75. The molecule has 0 amide bonds. The van der Waals surface area contributed by atoms with Crippen LogP contribution in [0.2, 0.25) is 0 Å². The van der Waals surface area contributed by atoms with Crippen LogP contribution in [0.4, 0.5) is 5.82 Å². The molecule has 1 aromatic heterocycles. The first-order valence-corrected chi connectivity index (χ1v) is 5.38. The van der Waals surface area contributed by atoms with Crippen LogP contribution in [-0.4, -0.2) is 24.0 Å². The largest absolute Gasteiger partial charge is 0.356 e. The van der Waals surface area contributed by atoms with Crippen molar-refractivity contribution in [2.24, 2.45) is 0 Å². The molecule has 72 valence electrons. The summed E-state index contributed by atoms with van der Waals surface area (Å²) < 4.78 is 0.989. The highest BCUT2D eigenvalue weighted by atomic mass is 79.9. The molecule has 0 saturated carbocycles. The zero-order valence-electron chi connectivity index (χ0n) is 7.67. The highest BCUT2D eigenvalue weighted by Crippen LogP contribution is 2.15. The number of halogens is 2. The minimum absolute atomic E-state index is 0.301. The van der Waals surface area contributed by atoms with Gasteiger partial charge in [-0.2, -0.15) is 0 Å². The molecule has 4 heteroatoms. The molecule has 0 bridgehead atoms. The fourth-order valence-electron chi connectivity index (χ4n) is 0.906. The highest BCUT2D eigenvalue weighted by Gasteiger charge is 2.08. The molecule has 0 radical (unpaired) electrons. The third-order valence-electron chi connectivity index (χ3n) is 1.96. The van der Waals surface area contributed by atoms with Crippen LogP contribution in [0.3, 0.4) is 0 Å². The molecule has 0 aliphatic heterocycles. The first kappa shape index (κ1) is 10.8. The summed E-state index contributed by atoms with van der Waals surface area (Å²) in [7, 11) is 1.99. The van der Waals surface area contributed by atoms with Crippen molar-refractivity contribution in [3.8, 4) is 0 Å². The molecule has 0 saturated heterocycles. The molecule has 0 fully saturated rings. The molecule has 2 nitrogen and oxygen atoms in total. The van der Waals surface area contributed by atoms with Crippen LogP contribution in [0.5, 0.6) is 0 Å². The summed E-state index contributed by atoms with van der Waals surface area (Å²) in [6, 6.07) is 4.24. The third kappa shape index (κ3) is 2.85. The molecular formula is C9H12BrClN2. The lowest BCUT2D eigenvalue weighted by Crippen LogP contribution is -2.30. The summed E-state index contributed by atoms with van der Waals surface area (Å²) in [5, 5.41) is 0. The van der Waals surface area contributed by atoms with Gasteiger partial charge in [0.05, 0.1) is 0 Å². The Morgan fingerprint density at radius 3 is 2.77 bits per heavy atom. The summed E-state index contributed by atoms with van der Waals surface area (Å²) in [5.74, 6) is 1.55. The van der Waals surface area contributed by atoms with Crippen LogP contribution < -0.4 is 4.90 Å². The second-order valence-corrected chi connectivity index (χ2v) is 4.17. The number of aromatic nitrogens is 1. The molecule has 1 unspecified atom stereocenters. The molecule has 1 heterocycles. The zero-order valence-corrected chi connectivity index (χ0v) is 10.0. The Morgan fingerprint density at radius 2 is 2.31 bits per heavy atom. The van der Waals surface area contributed by atoms with Crippen molar-refractivity contribution < 1.29 is 0 Å². The van der Waals surface area contributed by atoms with E-state index >= 15 is 0 Å². The fourth-order valence-corrected chi connectivity index (χ4v) is 1.35. The van der Waals surface area contributed by atoms with Gasteiger partial charge in [0.1, 0.15) is 5.82 Å². The summed E-state index contributed by atoms with van der Waals surface area (Å²) in [4.78, 5) is 6.32. The zero-order chi connectivity index (χ0) is 9.84. The van der Waals surface area contributed by atoms with E-state index in [4.69, 9.17) is 11.6 Å². The standard InChI is InChI=1S/C9H12BrClN2/c1-7(5-11)13(2)9-4-3-8(10)6-12-9/h3-4,6-7H,5H2,1-2H3. The number of hydrogen-bond acceptors (Lipinski definition) is 2. The van der Waals surface area contributed by atoms with Crippen molar-refractivity contribution in [3.63, 3.8) is 0 Å². The predicted molar refractivity (Wildman–Crippen MR) is 60.5 cm³/mol. The van der Waals surface area contributed by atoms with Crippen LogP contribution >= 0.6 is 27.5 Å². The predicted octanol–water partition coefficient (Wildman–Crippen LogP) is 2.91. The average Bonchev–Trinajstić information content (AvgIpc) is 2.17. The second-order valence-electron chi connectivity index (χ2n) is 2.95. The van der Waals surface area contributed by atoms with Crippen LogP contribution in [-0.2, 0) is 0 Å². The molecule has 13 heavy (non-hydrogen) atoms. The van der Waals surface area contributed by atoms with Gasteiger partial charge in [0.15, 0.2) is 0 Å². The Morgan fingerprint density at radius 1 is 1.62 bits per heavy atom. The summed E-state index contributed by atoms with van der Waals surface area (Å²) in [6.45, 7) is 2.07. The van der Waals surface area contributed by atoms with E-state index in [1.54, 1.807) is 6.20 Å². The molecule has 0 spiro atoms. The number of rotatable bonds is 3. The molecule has 0 N–H and O–H groups in total. The fraction of sp³-hybridized carbons (Fsp3) is 0.444. The highest BCUT2D eigenvalue weighted by molar-refractivity contribution is 9.10. The first-order valence-electron chi connectivity index (χ1n) is 4.05. The van der Waals surface area contributed by atoms with Crippen LogP contribution in [0, 0.1) is 0 Å². The quantitative estimate of drug-likeness (QED) is 0.780. The van der Waals surface area contributed by atoms with Gasteiger partial charge in [0.25, 0.3) is 0 Å². The second kappa shape index (κ2) is 4.82. The Hall–Kier alpha value is -0.280. The van der Waals surface area contributed by atoms with Crippen LogP contribution in [0.25, 0.3) is 0 Å². The van der Waals surface area contributed by atoms with Gasteiger partial charge >= 0.3 is 0 Å². The van der Waals surface area contributed by atoms with E-state index in [2.05, 4.69) is 32.7 Å². The van der Waals surface area contributed by atoms with E-state index in [1.807, 2.05) is 19.2 Å². The molecule has 0 aliphatic carbocycles. The molecule has 1 rings (SSSR count). The number of pyridine rings is 1. The van der Waals surface area contributed by atoms with Gasteiger partial charge in [0, 0.05) is 29.6 Å². The monoisotopic (exact) mass is 262 g/mol. The molecule has 0 aliphatic rings. The normalized spacial score (nSPS) is 12.6. The Bertz CT molecular complexity index is 263. The van der Waals surface area contributed by atoms with Gasteiger partial charge in [-0.05, 0) is 35.0 Å². The minimum atomic E-state index is 0.301. The van der Waals surface area contributed by atoms with Crippen molar-refractivity contribution in [1.82, 2.24) is 4.98 Å².